The third kappa shape index (κ3) is 3.20. The van der Waals surface area contributed by atoms with Crippen LogP contribution in [-0.2, 0) is 9.84 Å². The van der Waals surface area contributed by atoms with E-state index >= 15 is 0 Å². The van der Waals surface area contributed by atoms with Crippen LogP contribution in [-0.4, -0.2) is 36.4 Å². The highest BCUT2D eigenvalue weighted by atomic mass is 32.2. The highest BCUT2D eigenvalue weighted by molar-refractivity contribution is 7.91. The Labute approximate surface area is 133 Å². The van der Waals surface area contributed by atoms with Crippen molar-refractivity contribution in [3.63, 3.8) is 0 Å². The molecule has 0 radical (unpaired) electrons. The maximum Gasteiger partial charge on any atom is 0.251 e. The minimum Gasteiger partial charge on any atom is -0.346 e. The summed E-state index contributed by atoms with van der Waals surface area (Å²) in [6.07, 6.45) is 0.456. The number of nitrogens with one attached hydrogen (secondary N) is 1. The van der Waals surface area contributed by atoms with Crippen LogP contribution in [0.2, 0.25) is 0 Å². The Kier molecular flexibility index (Phi) is 3.78. The molecule has 1 N–H and O–H groups in total. The van der Waals surface area contributed by atoms with Crippen LogP contribution in [0.1, 0.15) is 23.7 Å². The molecule has 5 nitrogen and oxygen atoms in total. The fourth-order valence-corrected chi connectivity index (χ4v) is 5.26. The van der Waals surface area contributed by atoms with E-state index in [-0.39, 0.29) is 17.4 Å². The van der Waals surface area contributed by atoms with Crippen molar-refractivity contribution >= 4 is 27.1 Å². The van der Waals surface area contributed by atoms with Crippen LogP contribution in [0.25, 0.3) is 11.3 Å². The molecule has 2 aromatic rings. The van der Waals surface area contributed by atoms with E-state index in [0.717, 1.165) is 11.3 Å². The lowest BCUT2D eigenvalue weighted by molar-refractivity contribution is 0.0915. The maximum atomic E-state index is 12.3. The summed E-state index contributed by atoms with van der Waals surface area (Å²) in [7, 11) is -3.04. The minimum absolute atomic E-state index is 0.00263. The zero-order valence-corrected chi connectivity index (χ0v) is 13.7. The predicted octanol–water partition coefficient (Wildman–Crippen LogP) is 2.12. The van der Waals surface area contributed by atoms with Crippen LogP contribution in [0.4, 0.5) is 0 Å². The van der Waals surface area contributed by atoms with Crippen LogP contribution >= 0.6 is 11.3 Å². The number of benzene rings is 1. The van der Waals surface area contributed by atoms with Gasteiger partial charge in [-0.15, -0.1) is 11.3 Å². The zero-order valence-electron chi connectivity index (χ0n) is 12.1. The van der Waals surface area contributed by atoms with E-state index in [9.17, 15) is 13.2 Å². The number of rotatable bonds is 3. The van der Waals surface area contributed by atoms with Crippen molar-refractivity contribution in [3.05, 3.63) is 40.7 Å². The van der Waals surface area contributed by atoms with E-state index in [1.807, 2.05) is 17.5 Å². The third-order valence-corrected chi connectivity index (χ3v) is 6.28. The summed E-state index contributed by atoms with van der Waals surface area (Å²) in [6, 6.07) is 7.16. The Balaban J connectivity index is 1.73. The van der Waals surface area contributed by atoms with Gasteiger partial charge < -0.3 is 5.32 Å². The van der Waals surface area contributed by atoms with Crippen molar-refractivity contribution in [2.75, 3.05) is 11.5 Å². The highest BCUT2D eigenvalue weighted by Gasteiger charge is 2.39. The average molecular weight is 336 g/mol. The Morgan fingerprint density at radius 3 is 2.59 bits per heavy atom. The second-order valence-corrected chi connectivity index (χ2v) is 8.71. The van der Waals surface area contributed by atoms with Gasteiger partial charge in [0.1, 0.15) is 0 Å². The second kappa shape index (κ2) is 5.48. The smallest absolute Gasteiger partial charge is 0.251 e. The van der Waals surface area contributed by atoms with Gasteiger partial charge in [-0.3, -0.25) is 4.79 Å². The van der Waals surface area contributed by atoms with E-state index in [0.29, 0.717) is 12.0 Å². The molecule has 2 heterocycles. The summed E-state index contributed by atoms with van der Waals surface area (Å²) in [6.45, 7) is 1.78. The first-order valence-electron chi connectivity index (χ1n) is 6.89. The van der Waals surface area contributed by atoms with Gasteiger partial charge in [-0.25, -0.2) is 13.4 Å². The number of carbonyl (C=O) groups excluding carboxylic acids is 1. The number of thiazole rings is 1. The Hall–Kier alpha value is -1.73. The normalized spacial score (nSPS) is 23.3. The lowest BCUT2D eigenvalue weighted by atomic mass is 10.0. The highest BCUT2D eigenvalue weighted by Crippen LogP contribution is 2.24. The molecular formula is C15H16N2O3S2. The molecule has 1 unspecified atom stereocenters. The molecule has 1 fully saturated rings. The Morgan fingerprint density at radius 1 is 1.32 bits per heavy atom. The SMILES string of the molecule is CC1(NC(=O)c2ccc(-c3cscn3)cc2)CCS(=O)(=O)C1. The van der Waals surface area contributed by atoms with Crippen molar-refractivity contribution in [2.24, 2.45) is 0 Å². The monoisotopic (exact) mass is 336 g/mol. The van der Waals surface area contributed by atoms with Gasteiger partial charge >= 0.3 is 0 Å². The van der Waals surface area contributed by atoms with Gasteiger partial charge in [0, 0.05) is 16.5 Å². The van der Waals surface area contributed by atoms with Gasteiger partial charge in [0.15, 0.2) is 9.84 Å². The Morgan fingerprint density at radius 2 is 2.05 bits per heavy atom. The molecule has 0 saturated carbocycles. The van der Waals surface area contributed by atoms with E-state index in [2.05, 4.69) is 10.3 Å². The van der Waals surface area contributed by atoms with Crippen LogP contribution in [0.3, 0.4) is 0 Å². The van der Waals surface area contributed by atoms with Crippen LogP contribution in [0.5, 0.6) is 0 Å². The standard InChI is InChI=1S/C15H16N2O3S2/c1-15(6-7-22(19,20)9-15)17-14(18)12-4-2-11(3-5-12)13-8-21-10-16-13/h2-5,8,10H,6-7,9H2,1H3,(H,17,18). The van der Waals surface area contributed by atoms with E-state index in [4.69, 9.17) is 0 Å². The molecule has 1 saturated heterocycles. The summed E-state index contributed by atoms with van der Waals surface area (Å²) in [5, 5.41) is 4.79. The fourth-order valence-electron chi connectivity index (χ4n) is 2.60. The van der Waals surface area contributed by atoms with Gasteiger partial charge in [0.2, 0.25) is 0 Å². The summed E-state index contributed by atoms with van der Waals surface area (Å²) in [5.74, 6) is -0.112. The fraction of sp³-hybridized carbons (Fsp3) is 0.333. The van der Waals surface area contributed by atoms with Crippen molar-refractivity contribution < 1.29 is 13.2 Å². The molecule has 1 atom stereocenters. The number of sulfone groups is 1. The van der Waals surface area contributed by atoms with Gasteiger partial charge in [-0.1, -0.05) is 12.1 Å². The topological polar surface area (TPSA) is 76.1 Å². The van der Waals surface area contributed by atoms with Crippen LogP contribution in [0.15, 0.2) is 35.2 Å². The first-order chi connectivity index (χ1) is 10.4. The number of amides is 1. The molecule has 116 valence electrons. The van der Waals surface area contributed by atoms with Gasteiger partial charge in [-0.2, -0.15) is 0 Å². The number of hydrogen-bond donors (Lipinski definition) is 1. The molecule has 0 spiro atoms. The first-order valence-corrected chi connectivity index (χ1v) is 9.65. The molecular weight excluding hydrogens is 320 g/mol. The van der Waals surface area contributed by atoms with Crippen molar-refractivity contribution in [3.8, 4) is 11.3 Å². The van der Waals surface area contributed by atoms with Crippen molar-refractivity contribution in [1.82, 2.24) is 10.3 Å². The molecule has 0 aliphatic carbocycles. The Bertz CT molecular complexity index is 783. The molecule has 7 heteroatoms. The zero-order chi connectivity index (χ0) is 15.8. The van der Waals surface area contributed by atoms with Crippen LogP contribution < -0.4 is 5.32 Å². The molecule has 1 aliphatic rings. The average Bonchev–Trinajstić information content (AvgIpc) is 3.07. The van der Waals surface area contributed by atoms with E-state index in [1.165, 1.54) is 11.3 Å². The molecule has 22 heavy (non-hydrogen) atoms. The first kappa shape index (κ1) is 15.2. The van der Waals surface area contributed by atoms with Crippen molar-refractivity contribution in [1.29, 1.82) is 0 Å². The molecule has 1 aliphatic heterocycles. The second-order valence-electron chi connectivity index (χ2n) is 5.81. The molecule has 1 amide bonds. The van der Waals surface area contributed by atoms with Gasteiger partial charge in [0.05, 0.1) is 28.2 Å². The third-order valence-electron chi connectivity index (χ3n) is 3.79. The summed E-state index contributed by atoms with van der Waals surface area (Å²) >= 11 is 1.52. The molecule has 3 rings (SSSR count). The number of aromatic nitrogens is 1. The lowest BCUT2D eigenvalue weighted by Gasteiger charge is -2.23. The molecule has 1 aromatic heterocycles. The predicted molar refractivity (Wildman–Crippen MR) is 86.7 cm³/mol. The summed E-state index contributed by atoms with van der Waals surface area (Å²) in [4.78, 5) is 16.5. The van der Waals surface area contributed by atoms with Crippen LogP contribution in [0, 0.1) is 0 Å². The van der Waals surface area contributed by atoms with Gasteiger partial charge in [-0.05, 0) is 25.5 Å². The van der Waals surface area contributed by atoms with Gasteiger partial charge in [0.25, 0.3) is 5.91 Å². The minimum atomic E-state index is -3.04. The maximum absolute atomic E-state index is 12.3. The van der Waals surface area contributed by atoms with E-state index < -0.39 is 15.4 Å². The quantitative estimate of drug-likeness (QED) is 0.931. The summed E-state index contributed by atoms with van der Waals surface area (Å²) in [5.41, 5.74) is 3.43. The number of nitrogens with zero attached hydrogens (tertiary/aromatic N) is 1. The number of hydrogen-bond acceptors (Lipinski definition) is 5. The summed E-state index contributed by atoms with van der Waals surface area (Å²) < 4.78 is 23.2. The largest absolute Gasteiger partial charge is 0.346 e. The van der Waals surface area contributed by atoms with Crippen molar-refractivity contribution in [2.45, 2.75) is 18.9 Å². The molecule has 0 bridgehead atoms. The lowest BCUT2D eigenvalue weighted by Crippen LogP contribution is -2.46. The van der Waals surface area contributed by atoms with E-state index in [1.54, 1.807) is 24.6 Å². The molecule has 1 aromatic carbocycles. The number of carbonyl (C=O) groups is 1.